The number of carbonyl (C=O) groups excluding carboxylic acids is 2. The van der Waals surface area contributed by atoms with E-state index in [4.69, 9.17) is 34.8 Å². The first-order valence-electron chi connectivity index (χ1n) is 4.13. The lowest BCUT2D eigenvalue weighted by atomic mass is 10.0. The fourth-order valence-electron chi connectivity index (χ4n) is 1.26. The quantitative estimate of drug-likeness (QED) is 0.784. The van der Waals surface area contributed by atoms with E-state index in [1.807, 2.05) is 0 Å². The minimum Gasteiger partial charge on any atom is -0.281 e. The van der Waals surface area contributed by atoms with Crippen LogP contribution in [-0.4, -0.2) is 10.5 Å². The molecule has 0 spiro atoms. The molecule has 0 bridgehead atoms. The van der Waals surface area contributed by atoms with Gasteiger partial charge < -0.3 is 0 Å². The van der Waals surface area contributed by atoms with Gasteiger partial charge in [-0.2, -0.15) is 0 Å². The number of benzene rings is 1. The minimum absolute atomic E-state index is 0.000725. The van der Waals surface area contributed by atoms with E-state index < -0.39 is 10.5 Å². The van der Waals surface area contributed by atoms with Crippen molar-refractivity contribution in [1.29, 1.82) is 0 Å². The highest BCUT2D eigenvalue weighted by Gasteiger charge is 2.12. The fraction of sp³-hybridized carbons (Fsp3) is 0.200. The molecule has 0 aliphatic carbocycles. The van der Waals surface area contributed by atoms with Crippen LogP contribution in [0.3, 0.4) is 0 Å². The van der Waals surface area contributed by atoms with Gasteiger partial charge in [-0.05, 0) is 40.4 Å². The van der Waals surface area contributed by atoms with Crippen LogP contribution in [0.2, 0.25) is 5.02 Å². The van der Waals surface area contributed by atoms with Crippen molar-refractivity contribution in [3.63, 3.8) is 0 Å². The predicted molar refractivity (Wildman–Crippen MR) is 60.6 cm³/mol. The lowest BCUT2D eigenvalue weighted by Gasteiger charge is -2.07. The second kappa shape index (κ2) is 5.50. The average Bonchev–Trinajstić information content (AvgIpc) is 2.09. The summed E-state index contributed by atoms with van der Waals surface area (Å²) in [7, 11) is 0. The molecular formula is C10H7Cl3O2. The van der Waals surface area contributed by atoms with E-state index in [0.29, 0.717) is 16.1 Å². The molecule has 0 unspecified atom stereocenters. The van der Waals surface area contributed by atoms with Crippen LogP contribution < -0.4 is 0 Å². The van der Waals surface area contributed by atoms with Crippen molar-refractivity contribution in [2.45, 2.75) is 12.8 Å². The van der Waals surface area contributed by atoms with E-state index in [2.05, 4.69) is 0 Å². The molecule has 0 atom stereocenters. The first-order valence-corrected chi connectivity index (χ1v) is 5.27. The van der Waals surface area contributed by atoms with E-state index in [1.165, 1.54) is 0 Å². The van der Waals surface area contributed by atoms with Gasteiger partial charge in [-0.15, -0.1) is 0 Å². The van der Waals surface area contributed by atoms with E-state index in [9.17, 15) is 9.59 Å². The van der Waals surface area contributed by atoms with Crippen LogP contribution in [0.4, 0.5) is 0 Å². The van der Waals surface area contributed by atoms with Gasteiger partial charge in [0.15, 0.2) is 0 Å². The summed E-state index contributed by atoms with van der Waals surface area (Å²) in [5.74, 6) is 0. The summed E-state index contributed by atoms with van der Waals surface area (Å²) in [6.45, 7) is 0. The molecule has 0 amide bonds. The molecule has 0 saturated carbocycles. The van der Waals surface area contributed by atoms with E-state index in [1.54, 1.807) is 18.2 Å². The Balaban J connectivity index is 3.08. The highest BCUT2D eigenvalue weighted by Crippen LogP contribution is 2.22. The summed E-state index contributed by atoms with van der Waals surface area (Å²) in [4.78, 5) is 21.6. The number of rotatable bonds is 4. The smallest absolute Gasteiger partial charge is 0.226 e. The largest absolute Gasteiger partial charge is 0.281 e. The zero-order valence-electron chi connectivity index (χ0n) is 7.60. The van der Waals surface area contributed by atoms with Gasteiger partial charge in [-0.3, -0.25) is 9.59 Å². The van der Waals surface area contributed by atoms with Crippen LogP contribution in [0.15, 0.2) is 18.2 Å². The molecular weight excluding hydrogens is 258 g/mol. The van der Waals surface area contributed by atoms with Gasteiger partial charge in [0, 0.05) is 17.9 Å². The molecule has 0 radical (unpaired) electrons. The first-order chi connectivity index (χ1) is 7.00. The third-order valence-corrected chi connectivity index (χ3v) is 2.48. The molecule has 0 heterocycles. The van der Waals surface area contributed by atoms with Crippen LogP contribution in [0, 0.1) is 0 Å². The summed E-state index contributed by atoms with van der Waals surface area (Å²) < 4.78 is 0. The second-order valence-corrected chi connectivity index (χ2v) is 4.19. The first kappa shape index (κ1) is 12.5. The van der Waals surface area contributed by atoms with Crippen molar-refractivity contribution in [3.8, 4) is 0 Å². The van der Waals surface area contributed by atoms with Gasteiger partial charge in [0.25, 0.3) is 0 Å². The third kappa shape index (κ3) is 3.82. The number of hydrogen-bond donors (Lipinski definition) is 0. The Morgan fingerprint density at radius 3 is 2.20 bits per heavy atom. The van der Waals surface area contributed by atoms with Gasteiger partial charge in [0.05, 0.1) is 0 Å². The van der Waals surface area contributed by atoms with Gasteiger partial charge in [0.2, 0.25) is 10.5 Å². The Morgan fingerprint density at radius 2 is 1.67 bits per heavy atom. The highest BCUT2D eigenvalue weighted by molar-refractivity contribution is 6.64. The van der Waals surface area contributed by atoms with Crippen molar-refractivity contribution in [3.05, 3.63) is 34.3 Å². The molecule has 1 aromatic rings. The second-order valence-electron chi connectivity index (χ2n) is 2.94. The molecule has 0 fully saturated rings. The number of carbonyl (C=O) groups is 2. The molecule has 2 nitrogen and oxygen atoms in total. The Labute approximate surface area is 102 Å². The van der Waals surface area contributed by atoms with Gasteiger partial charge in [-0.25, -0.2) is 0 Å². The van der Waals surface area contributed by atoms with Gasteiger partial charge in [-0.1, -0.05) is 23.7 Å². The maximum Gasteiger partial charge on any atom is 0.226 e. The SMILES string of the molecule is O=C(Cl)Cc1cccc(Cl)c1CC(=O)Cl. The van der Waals surface area contributed by atoms with Gasteiger partial charge >= 0.3 is 0 Å². The molecule has 0 aromatic heterocycles. The zero-order valence-corrected chi connectivity index (χ0v) is 9.86. The molecule has 15 heavy (non-hydrogen) atoms. The summed E-state index contributed by atoms with van der Waals surface area (Å²) >= 11 is 16.4. The Morgan fingerprint density at radius 1 is 1.07 bits per heavy atom. The van der Waals surface area contributed by atoms with Crippen LogP contribution in [-0.2, 0) is 22.4 Å². The summed E-state index contributed by atoms with van der Waals surface area (Å²) in [6, 6.07) is 5.03. The van der Waals surface area contributed by atoms with Crippen LogP contribution in [0.25, 0.3) is 0 Å². The van der Waals surface area contributed by atoms with E-state index in [0.717, 1.165) is 0 Å². The van der Waals surface area contributed by atoms with E-state index in [-0.39, 0.29) is 12.8 Å². The van der Waals surface area contributed by atoms with Crippen molar-refractivity contribution >= 4 is 45.3 Å². The van der Waals surface area contributed by atoms with Crippen LogP contribution >= 0.6 is 34.8 Å². The summed E-state index contributed by atoms with van der Waals surface area (Å²) in [5.41, 5.74) is 1.20. The maximum absolute atomic E-state index is 10.8. The summed E-state index contributed by atoms with van der Waals surface area (Å²) in [5, 5.41) is -0.605. The van der Waals surface area contributed by atoms with Crippen molar-refractivity contribution < 1.29 is 9.59 Å². The van der Waals surface area contributed by atoms with Crippen molar-refractivity contribution in [2.24, 2.45) is 0 Å². The van der Waals surface area contributed by atoms with Crippen LogP contribution in [0.5, 0.6) is 0 Å². The molecule has 1 aromatic carbocycles. The lowest BCUT2D eigenvalue weighted by molar-refractivity contribution is -0.112. The zero-order chi connectivity index (χ0) is 11.4. The molecule has 1 rings (SSSR count). The average molecular weight is 266 g/mol. The Bertz CT molecular complexity index is 402. The predicted octanol–water partition coefficient (Wildman–Crippen LogP) is 2.96. The monoisotopic (exact) mass is 264 g/mol. The Kier molecular flexibility index (Phi) is 4.58. The molecule has 0 aliphatic rings. The molecule has 80 valence electrons. The number of hydrogen-bond acceptors (Lipinski definition) is 2. The highest BCUT2D eigenvalue weighted by atomic mass is 35.5. The maximum atomic E-state index is 10.8. The minimum atomic E-state index is -0.522. The normalized spacial score (nSPS) is 10.1. The Hall–Kier alpha value is -0.570. The lowest BCUT2D eigenvalue weighted by Crippen LogP contribution is -2.03. The topological polar surface area (TPSA) is 34.1 Å². The fourth-order valence-corrected chi connectivity index (χ4v) is 1.79. The molecule has 0 aliphatic heterocycles. The van der Waals surface area contributed by atoms with Crippen LogP contribution in [0.1, 0.15) is 11.1 Å². The molecule has 0 saturated heterocycles. The molecule has 0 N–H and O–H groups in total. The van der Waals surface area contributed by atoms with Crippen molar-refractivity contribution in [1.82, 2.24) is 0 Å². The number of halogens is 3. The van der Waals surface area contributed by atoms with Crippen molar-refractivity contribution in [2.75, 3.05) is 0 Å². The third-order valence-electron chi connectivity index (χ3n) is 1.86. The van der Waals surface area contributed by atoms with Gasteiger partial charge in [0.1, 0.15) is 0 Å². The standard InChI is InChI=1S/C10H7Cl3O2/c11-8-3-1-2-6(4-9(12)14)7(8)5-10(13)15/h1-3H,4-5H2. The molecule has 5 heteroatoms. The van der Waals surface area contributed by atoms with E-state index >= 15 is 0 Å². The summed E-state index contributed by atoms with van der Waals surface area (Å²) in [6.07, 6.45) is 0.0440.